The van der Waals surface area contributed by atoms with Gasteiger partial charge in [0, 0.05) is 6.07 Å². The normalized spacial score (nSPS) is 10.3. The highest BCUT2D eigenvalue weighted by atomic mass is 16.5. The van der Waals surface area contributed by atoms with Gasteiger partial charge in [0.05, 0.1) is 6.20 Å². The van der Waals surface area contributed by atoms with E-state index in [1.54, 1.807) is 12.3 Å². The van der Waals surface area contributed by atoms with Crippen LogP contribution in [0.2, 0.25) is 0 Å². The van der Waals surface area contributed by atoms with Crippen LogP contribution in [0.3, 0.4) is 0 Å². The van der Waals surface area contributed by atoms with E-state index in [0.29, 0.717) is 6.61 Å². The summed E-state index contributed by atoms with van der Waals surface area (Å²) in [6.07, 6.45) is 1.61. The molecule has 0 unspecified atom stereocenters. The minimum absolute atomic E-state index is 0.422. The summed E-state index contributed by atoms with van der Waals surface area (Å²) in [4.78, 5) is 0. The molecule has 0 saturated carbocycles. The Morgan fingerprint density at radius 3 is 2.53 bits per heavy atom. The monoisotopic (exact) mass is 203 g/mol. The highest BCUT2D eigenvalue weighted by molar-refractivity contribution is 5.39. The molecule has 0 spiro atoms. The maximum Gasteiger partial charge on any atom is 0.174 e. The van der Waals surface area contributed by atoms with Gasteiger partial charge < -0.3 is 9.26 Å². The van der Waals surface area contributed by atoms with Gasteiger partial charge in [0.25, 0.3) is 0 Å². The molecule has 0 N–H and O–H groups in total. The highest BCUT2D eigenvalue weighted by Gasteiger charge is 2.04. The Hall–Kier alpha value is -1.77. The molecule has 0 fully saturated rings. The molecule has 0 aliphatic rings. The Labute approximate surface area is 88.7 Å². The summed E-state index contributed by atoms with van der Waals surface area (Å²) in [5.41, 5.74) is 2.27. The fourth-order valence-corrected chi connectivity index (χ4v) is 1.49. The van der Waals surface area contributed by atoms with Gasteiger partial charge in [0.1, 0.15) is 12.4 Å². The van der Waals surface area contributed by atoms with E-state index in [2.05, 4.69) is 5.16 Å². The van der Waals surface area contributed by atoms with E-state index in [4.69, 9.17) is 9.26 Å². The van der Waals surface area contributed by atoms with Crippen LogP contribution in [-0.4, -0.2) is 5.16 Å². The van der Waals surface area contributed by atoms with Gasteiger partial charge in [-0.05, 0) is 25.0 Å². The summed E-state index contributed by atoms with van der Waals surface area (Å²) in [5, 5.41) is 3.62. The van der Waals surface area contributed by atoms with E-state index in [9.17, 15) is 0 Å². The van der Waals surface area contributed by atoms with Crippen molar-refractivity contribution in [2.45, 2.75) is 20.5 Å². The lowest BCUT2D eigenvalue weighted by Crippen LogP contribution is -1.97. The van der Waals surface area contributed by atoms with Crippen LogP contribution in [0.5, 0.6) is 5.75 Å². The average molecular weight is 203 g/mol. The number of aromatic nitrogens is 1. The molecule has 0 saturated heterocycles. The molecule has 2 rings (SSSR count). The fourth-order valence-electron chi connectivity index (χ4n) is 1.49. The van der Waals surface area contributed by atoms with E-state index in [1.807, 2.05) is 32.0 Å². The first-order valence-electron chi connectivity index (χ1n) is 4.86. The lowest BCUT2D eigenvalue weighted by atomic mass is 10.1. The second-order valence-electron chi connectivity index (χ2n) is 3.49. The predicted octanol–water partition coefficient (Wildman–Crippen LogP) is 2.87. The zero-order valence-electron chi connectivity index (χ0n) is 8.86. The standard InChI is InChI=1S/C12H13NO2/c1-9-4-3-5-10(2)12(9)14-8-11-6-7-13-15-11/h3-7H,8H2,1-2H3. The van der Waals surface area contributed by atoms with Gasteiger partial charge in [-0.15, -0.1) is 0 Å². The number of rotatable bonds is 3. The Morgan fingerprint density at radius 1 is 1.20 bits per heavy atom. The molecule has 15 heavy (non-hydrogen) atoms. The van der Waals surface area contributed by atoms with Crippen molar-refractivity contribution in [1.82, 2.24) is 5.16 Å². The SMILES string of the molecule is Cc1cccc(C)c1OCc1ccno1. The molecule has 1 aromatic heterocycles. The third kappa shape index (κ3) is 2.18. The third-order valence-corrected chi connectivity index (χ3v) is 2.26. The van der Waals surface area contributed by atoms with Gasteiger partial charge >= 0.3 is 0 Å². The van der Waals surface area contributed by atoms with E-state index in [1.165, 1.54) is 0 Å². The first-order chi connectivity index (χ1) is 7.27. The van der Waals surface area contributed by atoms with Gasteiger partial charge in [-0.2, -0.15) is 0 Å². The Kier molecular flexibility index (Phi) is 2.72. The quantitative estimate of drug-likeness (QED) is 0.769. The highest BCUT2D eigenvalue weighted by Crippen LogP contribution is 2.23. The van der Waals surface area contributed by atoms with Crippen molar-refractivity contribution in [2.75, 3.05) is 0 Å². The first-order valence-corrected chi connectivity index (χ1v) is 4.86. The van der Waals surface area contributed by atoms with Crippen molar-refractivity contribution in [2.24, 2.45) is 0 Å². The van der Waals surface area contributed by atoms with Crippen molar-refractivity contribution < 1.29 is 9.26 Å². The van der Waals surface area contributed by atoms with Crippen LogP contribution in [0.4, 0.5) is 0 Å². The van der Waals surface area contributed by atoms with Crippen LogP contribution < -0.4 is 4.74 Å². The lowest BCUT2D eigenvalue weighted by molar-refractivity contribution is 0.247. The number of para-hydroxylation sites is 1. The molecule has 1 heterocycles. The van der Waals surface area contributed by atoms with Crippen LogP contribution in [0, 0.1) is 13.8 Å². The zero-order chi connectivity index (χ0) is 10.7. The minimum atomic E-state index is 0.422. The molecule has 0 atom stereocenters. The summed E-state index contributed by atoms with van der Waals surface area (Å²) < 4.78 is 10.6. The minimum Gasteiger partial charge on any atom is -0.485 e. The summed E-state index contributed by atoms with van der Waals surface area (Å²) in [5.74, 6) is 1.66. The second kappa shape index (κ2) is 4.17. The Balaban J connectivity index is 2.11. The molecule has 0 aliphatic heterocycles. The van der Waals surface area contributed by atoms with E-state index >= 15 is 0 Å². The summed E-state index contributed by atoms with van der Waals surface area (Å²) >= 11 is 0. The largest absolute Gasteiger partial charge is 0.485 e. The van der Waals surface area contributed by atoms with Crippen LogP contribution in [0.1, 0.15) is 16.9 Å². The molecular formula is C12H13NO2. The van der Waals surface area contributed by atoms with Crippen molar-refractivity contribution in [3.63, 3.8) is 0 Å². The molecule has 0 radical (unpaired) electrons. The van der Waals surface area contributed by atoms with Crippen molar-refractivity contribution in [3.8, 4) is 5.75 Å². The number of aryl methyl sites for hydroxylation is 2. The molecule has 1 aromatic carbocycles. The van der Waals surface area contributed by atoms with E-state index in [-0.39, 0.29) is 0 Å². The predicted molar refractivity (Wildman–Crippen MR) is 56.8 cm³/mol. The van der Waals surface area contributed by atoms with Crippen LogP contribution >= 0.6 is 0 Å². The van der Waals surface area contributed by atoms with Gasteiger partial charge in [-0.1, -0.05) is 23.4 Å². The van der Waals surface area contributed by atoms with Gasteiger partial charge in [-0.3, -0.25) is 0 Å². The number of ether oxygens (including phenoxy) is 1. The molecule has 3 nitrogen and oxygen atoms in total. The second-order valence-corrected chi connectivity index (χ2v) is 3.49. The summed E-state index contributed by atoms with van der Waals surface area (Å²) in [6.45, 7) is 4.48. The molecule has 0 amide bonds. The molecule has 0 aliphatic carbocycles. The smallest absolute Gasteiger partial charge is 0.174 e. The van der Waals surface area contributed by atoms with E-state index < -0.39 is 0 Å². The van der Waals surface area contributed by atoms with Crippen LogP contribution in [0.25, 0.3) is 0 Å². The molecular weight excluding hydrogens is 190 g/mol. The molecule has 0 bridgehead atoms. The Morgan fingerprint density at radius 2 is 1.93 bits per heavy atom. The molecule has 78 valence electrons. The van der Waals surface area contributed by atoms with Crippen molar-refractivity contribution >= 4 is 0 Å². The molecule has 3 heteroatoms. The molecule has 2 aromatic rings. The summed E-state index contributed by atoms with van der Waals surface area (Å²) in [7, 11) is 0. The number of hydrogen-bond donors (Lipinski definition) is 0. The number of hydrogen-bond acceptors (Lipinski definition) is 3. The van der Waals surface area contributed by atoms with Gasteiger partial charge in [0.2, 0.25) is 0 Å². The Bertz CT molecular complexity index is 415. The van der Waals surface area contributed by atoms with E-state index in [0.717, 1.165) is 22.6 Å². The average Bonchev–Trinajstić information content (AvgIpc) is 2.70. The topological polar surface area (TPSA) is 35.3 Å². The van der Waals surface area contributed by atoms with Gasteiger partial charge in [0.15, 0.2) is 5.76 Å². The van der Waals surface area contributed by atoms with Gasteiger partial charge in [-0.25, -0.2) is 0 Å². The summed E-state index contributed by atoms with van der Waals surface area (Å²) in [6, 6.07) is 7.88. The lowest BCUT2D eigenvalue weighted by Gasteiger charge is -2.09. The van der Waals surface area contributed by atoms with Crippen LogP contribution in [0.15, 0.2) is 35.0 Å². The number of benzene rings is 1. The van der Waals surface area contributed by atoms with Crippen LogP contribution in [-0.2, 0) is 6.61 Å². The maximum absolute atomic E-state index is 5.68. The zero-order valence-corrected chi connectivity index (χ0v) is 8.86. The fraction of sp³-hybridized carbons (Fsp3) is 0.250. The first kappa shape index (κ1) is 9.77. The number of nitrogens with zero attached hydrogens (tertiary/aromatic N) is 1. The van der Waals surface area contributed by atoms with Crippen molar-refractivity contribution in [3.05, 3.63) is 47.3 Å². The maximum atomic E-state index is 5.68. The van der Waals surface area contributed by atoms with Crippen molar-refractivity contribution in [1.29, 1.82) is 0 Å². The third-order valence-electron chi connectivity index (χ3n) is 2.26.